The third-order valence-electron chi connectivity index (χ3n) is 2.59. The second-order valence-electron chi connectivity index (χ2n) is 3.98. The van der Waals surface area contributed by atoms with E-state index in [-0.39, 0.29) is 6.67 Å². The van der Waals surface area contributed by atoms with Crippen molar-refractivity contribution in [1.29, 1.82) is 0 Å². The number of aryl methyl sites for hydroxylation is 1. The number of carboxylic acid groups (broad SMARTS) is 1. The molecule has 0 fully saturated rings. The van der Waals surface area contributed by atoms with Crippen molar-refractivity contribution in [3.63, 3.8) is 0 Å². The van der Waals surface area contributed by atoms with E-state index in [4.69, 9.17) is 5.11 Å². The summed E-state index contributed by atoms with van der Waals surface area (Å²) >= 11 is 0. The maximum atomic E-state index is 12.0. The Morgan fingerprint density at radius 2 is 2.06 bits per heavy atom. The predicted octanol–water partition coefficient (Wildman–Crippen LogP) is 3.47. The summed E-state index contributed by atoms with van der Waals surface area (Å²) in [6, 6.07) is 7.63. The molecule has 0 aliphatic heterocycles. The van der Waals surface area contributed by atoms with Gasteiger partial charge in [-0.1, -0.05) is 24.3 Å². The Hall–Kier alpha value is -1.64. The molecule has 92 valence electrons. The molecule has 0 spiro atoms. The highest BCUT2D eigenvalue weighted by molar-refractivity contribution is 5.91. The molecule has 0 aliphatic carbocycles. The average Bonchev–Trinajstić information content (AvgIpc) is 2.31. The van der Waals surface area contributed by atoms with Gasteiger partial charge in [-0.2, -0.15) is 0 Å². The molecular formula is C14H17FO2. The van der Waals surface area contributed by atoms with Crippen LogP contribution < -0.4 is 0 Å². The minimum absolute atomic E-state index is 0.299. The monoisotopic (exact) mass is 236 g/mol. The third kappa shape index (κ3) is 4.39. The van der Waals surface area contributed by atoms with Crippen molar-refractivity contribution in [2.24, 2.45) is 0 Å². The fourth-order valence-electron chi connectivity index (χ4n) is 1.61. The Bertz CT molecular complexity index is 410. The van der Waals surface area contributed by atoms with Crippen LogP contribution in [-0.2, 0) is 11.2 Å². The summed E-state index contributed by atoms with van der Waals surface area (Å²) in [6.07, 6.45) is 3.78. The van der Waals surface area contributed by atoms with Crippen LogP contribution in [-0.4, -0.2) is 17.8 Å². The van der Waals surface area contributed by atoms with Gasteiger partial charge in [-0.05, 0) is 43.4 Å². The number of carboxylic acids is 1. The molecule has 0 bridgehead atoms. The topological polar surface area (TPSA) is 37.3 Å². The number of hydrogen-bond acceptors (Lipinski definition) is 1. The molecule has 0 atom stereocenters. The van der Waals surface area contributed by atoms with Crippen LogP contribution in [0.4, 0.5) is 4.39 Å². The van der Waals surface area contributed by atoms with Crippen LogP contribution in [0.15, 0.2) is 29.8 Å². The zero-order valence-electron chi connectivity index (χ0n) is 9.95. The van der Waals surface area contributed by atoms with Crippen molar-refractivity contribution in [1.82, 2.24) is 0 Å². The molecule has 0 saturated heterocycles. The Morgan fingerprint density at radius 1 is 1.35 bits per heavy atom. The lowest BCUT2D eigenvalue weighted by atomic mass is 10.0. The molecule has 1 rings (SSSR count). The summed E-state index contributed by atoms with van der Waals surface area (Å²) < 4.78 is 12.0. The van der Waals surface area contributed by atoms with Gasteiger partial charge in [0, 0.05) is 5.57 Å². The Labute approximate surface area is 101 Å². The molecule has 17 heavy (non-hydrogen) atoms. The number of unbranched alkanes of at least 4 members (excludes halogenated alkanes) is 1. The van der Waals surface area contributed by atoms with Crippen LogP contribution >= 0.6 is 0 Å². The number of rotatable bonds is 6. The highest BCUT2D eigenvalue weighted by atomic mass is 19.1. The molecule has 1 aromatic rings. The van der Waals surface area contributed by atoms with Gasteiger partial charge in [0.1, 0.15) is 0 Å². The number of hydrogen-bond donors (Lipinski definition) is 1. The normalized spacial score (nSPS) is 11.5. The molecule has 1 N–H and O–H groups in total. The Morgan fingerprint density at radius 3 is 2.71 bits per heavy atom. The minimum Gasteiger partial charge on any atom is -0.478 e. The molecule has 0 radical (unpaired) electrons. The first-order valence-electron chi connectivity index (χ1n) is 5.70. The number of halogens is 1. The number of alkyl halides is 1. The molecule has 0 saturated carbocycles. The standard InChI is InChI=1S/C14H17FO2/c1-11(14(16)17)10-13-8-3-2-6-12(13)7-4-5-9-15/h2-3,6,8,10H,4-5,7,9H2,1H3,(H,16,17). The maximum Gasteiger partial charge on any atom is 0.331 e. The molecule has 1 aromatic carbocycles. The zero-order valence-corrected chi connectivity index (χ0v) is 9.95. The van der Waals surface area contributed by atoms with Crippen LogP contribution in [0, 0.1) is 0 Å². The first kappa shape index (κ1) is 13.4. The summed E-state index contributed by atoms with van der Waals surface area (Å²) in [5, 5.41) is 8.83. The van der Waals surface area contributed by atoms with E-state index in [0.29, 0.717) is 12.0 Å². The molecule has 2 nitrogen and oxygen atoms in total. The lowest BCUT2D eigenvalue weighted by molar-refractivity contribution is -0.132. The van der Waals surface area contributed by atoms with E-state index in [1.54, 1.807) is 13.0 Å². The van der Waals surface area contributed by atoms with Crippen molar-refractivity contribution >= 4 is 12.0 Å². The summed E-state index contributed by atoms with van der Waals surface area (Å²) in [5.74, 6) is -0.913. The van der Waals surface area contributed by atoms with Crippen LogP contribution in [0.2, 0.25) is 0 Å². The van der Waals surface area contributed by atoms with E-state index >= 15 is 0 Å². The molecule has 0 amide bonds. The molecular weight excluding hydrogens is 219 g/mol. The van der Waals surface area contributed by atoms with Gasteiger partial charge < -0.3 is 5.11 Å². The first-order valence-corrected chi connectivity index (χ1v) is 5.70. The van der Waals surface area contributed by atoms with E-state index in [2.05, 4.69) is 0 Å². The largest absolute Gasteiger partial charge is 0.478 e. The van der Waals surface area contributed by atoms with Crippen LogP contribution in [0.1, 0.15) is 30.9 Å². The molecule has 0 unspecified atom stereocenters. The van der Waals surface area contributed by atoms with Crippen LogP contribution in [0.25, 0.3) is 6.08 Å². The van der Waals surface area contributed by atoms with Crippen LogP contribution in [0.5, 0.6) is 0 Å². The molecule has 3 heteroatoms. The van der Waals surface area contributed by atoms with Crippen LogP contribution in [0.3, 0.4) is 0 Å². The van der Waals surface area contributed by atoms with Crippen molar-refractivity contribution < 1.29 is 14.3 Å². The van der Waals surface area contributed by atoms with E-state index in [1.807, 2.05) is 24.3 Å². The fourth-order valence-corrected chi connectivity index (χ4v) is 1.61. The van der Waals surface area contributed by atoms with Gasteiger partial charge >= 0.3 is 5.97 Å². The second kappa shape index (κ2) is 6.84. The molecule has 0 aromatic heterocycles. The number of carbonyl (C=O) groups is 1. The average molecular weight is 236 g/mol. The van der Waals surface area contributed by atoms with Gasteiger partial charge in [0.05, 0.1) is 6.67 Å². The minimum atomic E-state index is -0.913. The highest BCUT2D eigenvalue weighted by Crippen LogP contribution is 2.15. The van der Waals surface area contributed by atoms with Gasteiger partial charge in [0.15, 0.2) is 0 Å². The van der Waals surface area contributed by atoms with Gasteiger partial charge in [0.25, 0.3) is 0 Å². The third-order valence-corrected chi connectivity index (χ3v) is 2.59. The van der Waals surface area contributed by atoms with Gasteiger partial charge in [-0.15, -0.1) is 0 Å². The highest BCUT2D eigenvalue weighted by Gasteiger charge is 2.03. The van der Waals surface area contributed by atoms with Crippen molar-refractivity contribution in [3.05, 3.63) is 41.0 Å². The van der Waals surface area contributed by atoms with Gasteiger partial charge in [-0.3, -0.25) is 4.39 Å². The van der Waals surface area contributed by atoms with Gasteiger partial charge in [-0.25, -0.2) is 4.79 Å². The van der Waals surface area contributed by atoms with Crippen molar-refractivity contribution in [3.8, 4) is 0 Å². The smallest absolute Gasteiger partial charge is 0.331 e. The number of aliphatic carboxylic acids is 1. The SMILES string of the molecule is CC(=Cc1ccccc1CCCCF)C(=O)O. The summed E-state index contributed by atoms with van der Waals surface area (Å²) in [7, 11) is 0. The Balaban J connectivity index is 2.84. The molecule has 0 aliphatic rings. The Kier molecular flexibility index (Phi) is 5.40. The maximum absolute atomic E-state index is 12.0. The summed E-state index contributed by atoms with van der Waals surface area (Å²) in [6.45, 7) is 1.27. The summed E-state index contributed by atoms with van der Waals surface area (Å²) in [5.41, 5.74) is 2.29. The predicted molar refractivity (Wildman–Crippen MR) is 66.6 cm³/mol. The quantitative estimate of drug-likeness (QED) is 0.606. The lowest BCUT2D eigenvalue weighted by Crippen LogP contribution is -1.97. The zero-order chi connectivity index (χ0) is 12.7. The summed E-state index contributed by atoms with van der Waals surface area (Å²) in [4.78, 5) is 10.8. The van der Waals surface area contributed by atoms with E-state index < -0.39 is 5.97 Å². The number of benzene rings is 1. The van der Waals surface area contributed by atoms with E-state index in [1.165, 1.54) is 0 Å². The van der Waals surface area contributed by atoms with Crippen molar-refractivity contribution in [2.75, 3.05) is 6.67 Å². The van der Waals surface area contributed by atoms with E-state index in [0.717, 1.165) is 24.0 Å². The van der Waals surface area contributed by atoms with Gasteiger partial charge in [0.2, 0.25) is 0 Å². The lowest BCUT2D eigenvalue weighted by Gasteiger charge is -2.05. The molecule has 0 heterocycles. The first-order chi connectivity index (χ1) is 8.15. The van der Waals surface area contributed by atoms with Crippen molar-refractivity contribution in [2.45, 2.75) is 26.2 Å². The van der Waals surface area contributed by atoms with E-state index in [9.17, 15) is 9.18 Å². The second-order valence-corrected chi connectivity index (χ2v) is 3.98. The fraction of sp³-hybridized carbons (Fsp3) is 0.357.